The summed E-state index contributed by atoms with van der Waals surface area (Å²) in [6, 6.07) is 0.0400. The highest BCUT2D eigenvalue weighted by molar-refractivity contribution is 7.80. The second kappa shape index (κ2) is 5.55. The summed E-state index contributed by atoms with van der Waals surface area (Å²) in [5.74, 6) is 0. The minimum atomic E-state index is -0.289. The molecule has 1 aromatic rings. The second-order valence-corrected chi connectivity index (χ2v) is 5.11. The molecule has 1 saturated heterocycles. The highest BCUT2D eigenvalue weighted by atomic mass is 32.1. The van der Waals surface area contributed by atoms with Gasteiger partial charge < -0.3 is 4.74 Å². The molecule has 1 fully saturated rings. The van der Waals surface area contributed by atoms with Gasteiger partial charge in [0.1, 0.15) is 16.6 Å². The molecular weight excluding hydrogens is 256 g/mol. The summed E-state index contributed by atoms with van der Waals surface area (Å²) in [4.78, 5) is 17.9. The Balaban J connectivity index is 2.06. The third kappa shape index (κ3) is 2.81. The summed E-state index contributed by atoms with van der Waals surface area (Å²) in [5.41, 5.74) is 0. The van der Waals surface area contributed by atoms with Crippen LogP contribution in [0.2, 0.25) is 0 Å². The third-order valence-corrected chi connectivity index (χ3v) is 3.96. The van der Waals surface area contributed by atoms with Crippen LogP contribution in [0.4, 0.5) is 4.79 Å². The normalized spacial score (nSPS) is 19.4. The van der Waals surface area contributed by atoms with Gasteiger partial charge in [-0.05, 0) is 12.8 Å². The average Bonchev–Trinajstić information content (AvgIpc) is 2.93. The van der Waals surface area contributed by atoms with Crippen molar-refractivity contribution in [3.8, 4) is 0 Å². The van der Waals surface area contributed by atoms with E-state index in [1.807, 2.05) is 5.38 Å². The van der Waals surface area contributed by atoms with Gasteiger partial charge in [0, 0.05) is 11.9 Å². The van der Waals surface area contributed by atoms with E-state index in [4.69, 9.17) is 4.74 Å². The number of hydrogen-bond donors (Lipinski definition) is 1. The fourth-order valence-corrected chi connectivity index (χ4v) is 3.05. The summed E-state index contributed by atoms with van der Waals surface area (Å²) in [6.45, 7) is 4.50. The van der Waals surface area contributed by atoms with Crippen molar-refractivity contribution in [2.24, 2.45) is 0 Å². The number of thiol groups is 1. The Labute approximate surface area is 110 Å². The number of rotatable bonds is 3. The fourth-order valence-electron chi connectivity index (χ4n) is 1.89. The van der Waals surface area contributed by atoms with Crippen molar-refractivity contribution in [3.63, 3.8) is 0 Å². The monoisotopic (exact) mass is 270 g/mol. The number of amides is 1. The van der Waals surface area contributed by atoms with Gasteiger partial charge in [-0.25, -0.2) is 9.78 Å². The summed E-state index contributed by atoms with van der Waals surface area (Å²) < 4.78 is 5.06. The van der Waals surface area contributed by atoms with Gasteiger partial charge in [-0.2, -0.15) is 0 Å². The SMILES string of the molecule is C=CCOC(=O)N1CCC[C@@H]1c1nc(S)cs1. The lowest BCUT2D eigenvalue weighted by Crippen LogP contribution is -2.31. The van der Waals surface area contributed by atoms with E-state index in [0.29, 0.717) is 5.03 Å². The van der Waals surface area contributed by atoms with Crippen LogP contribution in [0.15, 0.2) is 23.1 Å². The Morgan fingerprint density at radius 1 is 1.82 bits per heavy atom. The molecular formula is C11H14N2O2S2. The standard InChI is InChI=1S/C11H14N2O2S2/c1-2-6-15-11(14)13-5-3-4-8(13)10-12-9(16)7-17-10/h2,7-8,16H,1,3-6H2/t8-/m1/s1. The number of thiazole rings is 1. The maximum absolute atomic E-state index is 11.8. The van der Waals surface area contributed by atoms with Crippen molar-refractivity contribution in [1.29, 1.82) is 0 Å². The van der Waals surface area contributed by atoms with Crippen LogP contribution in [-0.4, -0.2) is 29.1 Å². The number of likely N-dealkylation sites (tertiary alicyclic amines) is 1. The van der Waals surface area contributed by atoms with E-state index in [1.165, 1.54) is 11.3 Å². The molecule has 1 aliphatic heterocycles. The van der Waals surface area contributed by atoms with Gasteiger partial charge in [-0.15, -0.1) is 24.0 Å². The summed E-state index contributed by atoms with van der Waals surface area (Å²) in [5, 5.41) is 3.52. The van der Waals surface area contributed by atoms with Crippen molar-refractivity contribution in [2.45, 2.75) is 23.9 Å². The van der Waals surface area contributed by atoms with Gasteiger partial charge in [-0.3, -0.25) is 4.90 Å². The molecule has 2 rings (SSSR count). The molecule has 1 aromatic heterocycles. The van der Waals surface area contributed by atoms with E-state index in [2.05, 4.69) is 24.2 Å². The molecule has 4 nitrogen and oxygen atoms in total. The maximum atomic E-state index is 11.8. The predicted molar refractivity (Wildman–Crippen MR) is 69.6 cm³/mol. The van der Waals surface area contributed by atoms with E-state index in [0.717, 1.165) is 24.4 Å². The van der Waals surface area contributed by atoms with E-state index in [-0.39, 0.29) is 18.7 Å². The Kier molecular flexibility index (Phi) is 4.06. The fraction of sp³-hybridized carbons (Fsp3) is 0.455. The van der Waals surface area contributed by atoms with E-state index < -0.39 is 0 Å². The van der Waals surface area contributed by atoms with Crippen LogP contribution in [-0.2, 0) is 4.74 Å². The molecule has 0 N–H and O–H groups in total. The van der Waals surface area contributed by atoms with Crippen LogP contribution in [0.5, 0.6) is 0 Å². The van der Waals surface area contributed by atoms with E-state index in [1.54, 1.807) is 11.0 Å². The zero-order chi connectivity index (χ0) is 12.3. The van der Waals surface area contributed by atoms with Crippen molar-refractivity contribution in [1.82, 2.24) is 9.88 Å². The summed E-state index contributed by atoms with van der Waals surface area (Å²) in [7, 11) is 0. The van der Waals surface area contributed by atoms with E-state index in [9.17, 15) is 4.79 Å². The van der Waals surface area contributed by atoms with Crippen molar-refractivity contribution < 1.29 is 9.53 Å². The van der Waals surface area contributed by atoms with Crippen molar-refractivity contribution >= 4 is 30.1 Å². The van der Waals surface area contributed by atoms with Gasteiger partial charge >= 0.3 is 6.09 Å². The Morgan fingerprint density at radius 3 is 3.29 bits per heavy atom. The van der Waals surface area contributed by atoms with E-state index >= 15 is 0 Å². The molecule has 0 aliphatic carbocycles. The predicted octanol–water partition coefficient (Wildman–Crippen LogP) is 2.89. The van der Waals surface area contributed by atoms with Gasteiger partial charge in [0.15, 0.2) is 0 Å². The molecule has 1 aliphatic rings. The Bertz CT molecular complexity index is 419. The van der Waals surface area contributed by atoms with Gasteiger partial charge in [0.25, 0.3) is 0 Å². The molecule has 1 amide bonds. The van der Waals surface area contributed by atoms with Gasteiger partial charge in [0.05, 0.1) is 6.04 Å². The quantitative estimate of drug-likeness (QED) is 0.678. The summed E-state index contributed by atoms with van der Waals surface area (Å²) >= 11 is 5.72. The largest absolute Gasteiger partial charge is 0.445 e. The highest BCUT2D eigenvalue weighted by Crippen LogP contribution is 2.34. The number of nitrogens with zero attached hydrogens (tertiary/aromatic N) is 2. The summed E-state index contributed by atoms with van der Waals surface area (Å²) in [6.07, 6.45) is 3.19. The average molecular weight is 270 g/mol. The highest BCUT2D eigenvalue weighted by Gasteiger charge is 2.32. The first-order valence-corrected chi connectivity index (χ1v) is 6.73. The Morgan fingerprint density at radius 2 is 2.65 bits per heavy atom. The minimum absolute atomic E-state index is 0.0400. The van der Waals surface area contributed by atoms with Crippen LogP contribution in [0, 0.1) is 0 Å². The first kappa shape index (κ1) is 12.4. The van der Waals surface area contributed by atoms with Crippen LogP contribution < -0.4 is 0 Å². The molecule has 0 saturated carbocycles. The molecule has 0 unspecified atom stereocenters. The lowest BCUT2D eigenvalue weighted by Gasteiger charge is -2.21. The number of aromatic nitrogens is 1. The minimum Gasteiger partial charge on any atom is -0.445 e. The molecule has 92 valence electrons. The molecule has 6 heteroatoms. The lowest BCUT2D eigenvalue weighted by molar-refractivity contribution is 0.108. The zero-order valence-corrected chi connectivity index (χ0v) is 11.0. The van der Waals surface area contributed by atoms with Crippen LogP contribution in [0.25, 0.3) is 0 Å². The molecule has 0 radical (unpaired) electrons. The molecule has 0 aromatic carbocycles. The third-order valence-electron chi connectivity index (χ3n) is 2.61. The first-order valence-electron chi connectivity index (χ1n) is 5.41. The first-order chi connectivity index (χ1) is 8.22. The number of carbonyl (C=O) groups excluding carboxylic acids is 1. The smallest absolute Gasteiger partial charge is 0.410 e. The molecule has 1 atom stereocenters. The Hall–Kier alpha value is -1.01. The van der Waals surface area contributed by atoms with Crippen LogP contribution >= 0.6 is 24.0 Å². The zero-order valence-electron chi connectivity index (χ0n) is 9.33. The maximum Gasteiger partial charge on any atom is 0.410 e. The van der Waals surface area contributed by atoms with Crippen LogP contribution in [0.3, 0.4) is 0 Å². The molecule has 2 heterocycles. The second-order valence-electron chi connectivity index (χ2n) is 3.76. The molecule has 17 heavy (non-hydrogen) atoms. The van der Waals surface area contributed by atoms with Crippen molar-refractivity contribution in [2.75, 3.05) is 13.2 Å². The molecule has 0 spiro atoms. The molecule has 0 bridgehead atoms. The lowest BCUT2D eigenvalue weighted by atomic mass is 10.2. The number of carbonyl (C=O) groups is 1. The topological polar surface area (TPSA) is 42.4 Å². The van der Waals surface area contributed by atoms with Crippen LogP contribution in [0.1, 0.15) is 23.9 Å². The van der Waals surface area contributed by atoms with Crippen molar-refractivity contribution in [3.05, 3.63) is 23.0 Å². The van der Waals surface area contributed by atoms with Gasteiger partial charge in [0.2, 0.25) is 0 Å². The number of ether oxygens (including phenoxy) is 1. The van der Waals surface area contributed by atoms with Gasteiger partial charge in [-0.1, -0.05) is 12.7 Å². The number of hydrogen-bond acceptors (Lipinski definition) is 5.